The molecule has 18 heavy (non-hydrogen) atoms. The van der Waals surface area contributed by atoms with Gasteiger partial charge in [-0.05, 0) is 26.0 Å². The fourth-order valence-electron chi connectivity index (χ4n) is 1.38. The number of aliphatic hydroxyl groups is 1. The molecule has 2 N–H and O–H groups in total. The lowest BCUT2D eigenvalue weighted by atomic mass is 10.2. The van der Waals surface area contributed by atoms with Crippen LogP contribution in [0, 0.1) is 0 Å². The molecule has 2 unspecified atom stereocenters. The summed E-state index contributed by atoms with van der Waals surface area (Å²) in [5, 5.41) is 11.5. The van der Waals surface area contributed by atoms with E-state index < -0.39 is 11.9 Å². The van der Waals surface area contributed by atoms with E-state index in [9.17, 15) is 9.59 Å². The summed E-state index contributed by atoms with van der Waals surface area (Å²) in [6.45, 7) is 3.18. The Morgan fingerprint density at radius 3 is 2.67 bits per heavy atom. The molecular formula is C12H18N2O4. The van der Waals surface area contributed by atoms with Gasteiger partial charge in [-0.2, -0.15) is 0 Å². The molecule has 0 saturated carbocycles. The molecule has 0 bridgehead atoms. The van der Waals surface area contributed by atoms with Gasteiger partial charge >= 0.3 is 0 Å². The van der Waals surface area contributed by atoms with E-state index in [4.69, 9.17) is 9.52 Å². The molecule has 6 heteroatoms. The summed E-state index contributed by atoms with van der Waals surface area (Å²) >= 11 is 0. The number of carbonyl (C=O) groups excluding carboxylic acids is 2. The molecule has 0 fully saturated rings. The van der Waals surface area contributed by atoms with Crippen molar-refractivity contribution < 1.29 is 19.1 Å². The van der Waals surface area contributed by atoms with Crippen LogP contribution >= 0.6 is 0 Å². The van der Waals surface area contributed by atoms with Crippen LogP contribution in [0.5, 0.6) is 0 Å². The fraction of sp³-hybridized carbons (Fsp3) is 0.500. The minimum atomic E-state index is -0.679. The van der Waals surface area contributed by atoms with E-state index in [1.807, 2.05) is 0 Å². The first-order valence-electron chi connectivity index (χ1n) is 5.69. The Balaban J connectivity index is 2.57. The highest BCUT2D eigenvalue weighted by Crippen LogP contribution is 2.02. The molecule has 1 rings (SSSR count). The van der Waals surface area contributed by atoms with Crippen molar-refractivity contribution >= 4 is 11.8 Å². The lowest BCUT2D eigenvalue weighted by Gasteiger charge is -2.26. The summed E-state index contributed by atoms with van der Waals surface area (Å²) in [4.78, 5) is 25.0. The first kappa shape index (κ1) is 14.2. The maximum absolute atomic E-state index is 11.9. The highest BCUT2D eigenvalue weighted by atomic mass is 16.3. The predicted molar refractivity (Wildman–Crippen MR) is 65.0 cm³/mol. The van der Waals surface area contributed by atoms with Crippen molar-refractivity contribution in [1.29, 1.82) is 0 Å². The highest BCUT2D eigenvalue weighted by Gasteiger charge is 2.23. The molecule has 0 radical (unpaired) electrons. The van der Waals surface area contributed by atoms with Crippen molar-refractivity contribution in [2.24, 2.45) is 0 Å². The number of nitrogens with one attached hydrogen (secondary N) is 1. The highest BCUT2D eigenvalue weighted by molar-refractivity contribution is 5.95. The quantitative estimate of drug-likeness (QED) is 0.788. The molecule has 2 amide bonds. The third kappa shape index (κ3) is 3.33. The van der Waals surface area contributed by atoms with E-state index in [0.29, 0.717) is 0 Å². The van der Waals surface area contributed by atoms with Crippen molar-refractivity contribution in [1.82, 2.24) is 10.2 Å². The number of hydrogen-bond donors (Lipinski definition) is 2. The van der Waals surface area contributed by atoms with Crippen LogP contribution in [-0.4, -0.2) is 47.6 Å². The number of furan rings is 1. The Morgan fingerprint density at radius 1 is 1.50 bits per heavy atom. The molecule has 0 aliphatic rings. The second-order valence-electron chi connectivity index (χ2n) is 4.15. The van der Waals surface area contributed by atoms with Gasteiger partial charge in [-0.1, -0.05) is 0 Å². The molecule has 0 aliphatic carbocycles. The maximum Gasteiger partial charge on any atom is 0.287 e. The smallest absolute Gasteiger partial charge is 0.287 e. The largest absolute Gasteiger partial charge is 0.459 e. The van der Waals surface area contributed by atoms with E-state index >= 15 is 0 Å². The van der Waals surface area contributed by atoms with Gasteiger partial charge in [0.1, 0.15) is 6.04 Å². The van der Waals surface area contributed by atoms with Gasteiger partial charge in [0.05, 0.1) is 18.9 Å². The Kier molecular flexibility index (Phi) is 4.91. The third-order valence-electron chi connectivity index (χ3n) is 2.74. The number of aliphatic hydroxyl groups excluding tert-OH is 1. The van der Waals surface area contributed by atoms with Crippen LogP contribution < -0.4 is 5.32 Å². The van der Waals surface area contributed by atoms with E-state index in [0.717, 1.165) is 0 Å². The van der Waals surface area contributed by atoms with Crippen LogP contribution in [0.15, 0.2) is 22.8 Å². The van der Waals surface area contributed by atoms with E-state index in [2.05, 4.69) is 5.32 Å². The van der Waals surface area contributed by atoms with Crippen molar-refractivity contribution in [2.75, 3.05) is 13.7 Å². The molecule has 0 aromatic carbocycles. The second kappa shape index (κ2) is 6.20. The van der Waals surface area contributed by atoms with Crippen LogP contribution in [0.25, 0.3) is 0 Å². The van der Waals surface area contributed by atoms with Gasteiger partial charge in [0.15, 0.2) is 5.76 Å². The maximum atomic E-state index is 11.9. The molecule has 1 aromatic heterocycles. The number of likely N-dealkylation sites (N-methyl/N-ethyl adjacent to an activating group) is 1. The van der Waals surface area contributed by atoms with Gasteiger partial charge in [0, 0.05) is 7.05 Å². The number of rotatable bonds is 5. The van der Waals surface area contributed by atoms with E-state index in [1.54, 1.807) is 27.0 Å². The predicted octanol–water partition coefficient (Wildman–Crippen LogP) is 0.237. The molecule has 100 valence electrons. The average Bonchev–Trinajstić information content (AvgIpc) is 2.89. The van der Waals surface area contributed by atoms with Gasteiger partial charge in [-0.25, -0.2) is 0 Å². The molecule has 2 atom stereocenters. The Hall–Kier alpha value is -1.82. The fourth-order valence-corrected chi connectivity index (χ4v) is 1.38. The lowest BCUT2D eigenvalue weighted by molar-refractivity contribution is -0.134. The second-order valence-corrected chi connectivity index (χ2v) is 4.15. The van der Waals surface area contributed by atoms with Gasteiger partial charge in [-0.3, -0.25) is 9.59 Å². The zero-order valence-electron chi connectivity index (χ0n) is 10.7. The van der Waals surface area contributed by atoms with Gasteiger partial charge < -0.3 is 19.7 Å². The number of hydrogen-bond acceptors (Lipinski definition) is 4. The van der Waals surface area contributed by atoms with Crippen LogP contribution in [-0.2, 0) is 4.79 Å². The summed E-state index contributed by atoms with van der Waals surface area (Å²) in [6.07, 6.45) is 1.39. The van der Waals surface area contributed by atoms with Crippen molar-refractivity contribution in [3.8, 4) is 0 Å². The van der Waals surface area contributed by atoms with Crippen LogP contribution in [0.4, 0.5) is 0 Å². The number of amides is 2. The van der Waals surface area contributed by atoms with Crippen molar-refractivity contribution in [3.05, 3.63) is 24.2 Å². The molecule has 0 aliphatic heterocycles. The van der Waals surface area contributed by atoms with Crippen LogP contribution in [0.1, 0.15) is 24.4 Å². The summed E-state index contributed by atoms with van der Waals surface area (Å²) < 4.78 is 4.93. The number of nitrogens with zero attached hydrogens (tertiary/aromatic N) is 1. The molecular weight excluding hydrogens is 236 g/mol. The standard InChI is InChI=1S/C12H18N2O4/c1-8(7-15)14(3)12(17)9(2)13-11(16)10-5-4-6-18-10/h4-6,8-9,15H,7H2,1-3H3,(H,13,16). The van der Waals surface area contributed by atoms with E-state index in [1.165, 1.54) is 17.2 Å². The average molecular weight is 254 g/mol. The lowest BCUT2D eigenvalue weighted by Crippen LogP contribution is -2.49. The van der Waals surface area contributed by atoms with Crippen molar-refractivity contribution in [3.63, 3.8) is 0 Å². The van der Waals surface area contributed by atoms with Gasteiger partial charge in [0.2, 0.25) is 5.91 Å². The summed E-state index contributed by atoms with van der Waals surface area (Å²) in [5.74, 6) is -0.546. The third-order valence-corrected chi connectivity index (χ3v) is 2.74. The zero-order chi connectivity index (χ0) is 13.7. The minimum Gasteiger partial charge on any atom is -0.459 e. The molecule has 0 saturated heterocycles. The molecule has 1 aromatic rings. The zero-order valence-corrected chi connectivity index (χ0v) is 10.7. The molecule has 1 heterocycles. The minimum absolute atomic E-state index is 0.124. The monoisotopic (exact) mass is 254 g/mol. The van der Waals surface area contributed by atoms with Crippen molar-refractivity contribution in [2.45, 2.75) is 25.9 Å². The topological polar surface area (TPSA) is 82.8 Å². The normalized spacial score (nSPS) is 13.8. The SMILES string of the molecule is CC(NC(=O)c1ccco1)C(=O)N(C)C(C)CO. The van der Waals surface area contributed by atoms with Crippen LogP contribution in [0.3, 0.4) is 0 Å². The van der Waals surface area contributed by atoms with Gasteiger partial charge in [-0.15, -0.1) is 0 Å². The van der Waals surface area contributed by atoms with E-state index in [-0.39, 0.29) is 24.3 Å². The summed E-state index contributed by atoms with van der Waals surface area (Å²) in [6, 6.07) is 2.15. The molecule has 0 spiro atoms. The Labute approximate surface area is 106 Å². The summed E-state index contributed by atoms with van der Waals surface area (Å²) in [7, 11) is 1.58. The Bertz CT molecular complexity index is 402. The Morgan fingerprint density at radius 2 is 2.17 bits per heavy atom. The van der Waals surface area contributed by atoms with Gasteiger partial charge in [0.25, 0.3) is 5.91 Å². The molecule has 6 nitrogen and oxygen atoms in total. The summed E-state index contributed by atoms with van der Waals surface area (Å²) in [5.41, 5.74) is 0. The first-order chi connectivity index (χ1) is 8.47. The first-order valence-corrected chi connectivity index (χ1v) is 5.69. The van der Waals surface area contributed by atoms with Crippen LogP contribution in [0.2, 0.25) is 0 Å². The number of carbonyl (C=O) groups is 2.